The third kappa shape index (κ3) is 3.94. The summed E-state index contributed by atoms with van der Waals surface area (Å²) in [7, 11) is 0. The van der Waals surface area contributed by atoms with Crippen molar-refractivity contribution in [1.29, 1.82) is 0 Å². The molecule has 1 N–H and O–H groups in total. The van der Waals surface area contributed by atoms with Crippen molar-refractivity contribution in [2.75, 3.05) is 31.1 Å². The summed E-state index contributed by atoms with van der Waals surface area (Å²) in [5.41, 5.74) is 2.22. The highest BCUT2D eigenvalue weighted by atomic mass is 32.2. The van der Waals surface area contributed by atoms with Gasteiger partial charge in [-0.3, -0.25) is 4.79 Å². The Hall–Kier alpha value is -3.06. The number of aliphatic imine (C=N–C) groups is 1. The van der Waals surface area contributed by atoms with Gasteiger partial charge >= 0.3 is 5.97 Å². The molecule has 0 atom stereocenters. The molecule has 0 spiro atoms. The number of aromatic carboxylic acids is 1. The zero-order chi connectivity index (χ0) is 19.5. The standard InChI is InChI=1S/C21H19N3O3S/c25-19-18(14-15-6-8-16(9-7-15)20(26)27)28-21(22-19)24-12-10-23(11-13-24)17-4-2-1-3-5-17/h1-9,14H,10-13H2,(H,26,27)/b18-14-. The van der Waals surface area contributed by atoms with Crippen molar-refractivity contribution in [2.24, 2.45) is 4.99 Å². The molecular weight excluding hydrogens is 374 g/mol. The Kier molecular flexibility index (Phi) is 5.16. The number of amidine groups is 1. The molecular formula is C21H19N3O3S. The van der Waals surface area contributed by atoms with E-state index in [0.29, 0.717) is 4.91 Å². The summed E-state index contributed by atoms with van der Waals surface area (Å²) in [6.45, 7) is 3.39. The summed E-state index contributed by atoms with van der Waals surface area (Å²) in [5.74, 6) is -1.21. The first-order valence-electron chi connectivity index (χ1n) is 9.01. The Morgan fingerprint density at radius 2 is 1.61 bits per heavy atom. The number of piperazine rings is 1. The van der Waals surface area contributed by atoms with Gasteiger partial charge in [-0.2, -0.15) is 4.99 Å². The lowest BCUT2D eigenvalue weighted by Gasteiger charge is -2.36. The van der Waals surface area contributed by atoms with Gasteiger partial charge in [0.15, 0.2) is 5.17 Å². The molecule has 0 unspecified atom stereocenters. The van der Waals surface area contributed by atoms with E-state index in [1.807, 2.05) is 18.2 Å². The highest BCUT2D eigenvalue weighted by molar-refractivity contribution is 8.18. The van der Waals surface area contributed by atoms with Gasteiger partial charge in [0.25, 0.3) is 5.91 Å². The molecule has 0 bridgehead atoms. The third-order valence-corrected chi connectivity index (χ3v) is 5.78. The van der Waals surface area contributed by atoms with Gasteiger partial charge in [0.05, 0.1) is 10.5 Å². The maximum Gasteiger partial charge on any atom is 0.335 e. The van der Waals surface area contributed by atoms with Crippen LogP contribution in [0.4, 0.5) is 5.69 Å². The fraction of sp³-hybridized carbons (Fsp3) is 0.190. The number of carbonyl (C=O) groups excluding carboxylic acids is 1. The van der Waals surface area contributed by atoms with Crippen molar-refractivity contribution in [3.63, 3.8) is 0 Å². The van der Waals surface area contributed by atoms with Crippen molar-refractivity contribution in [3.05, 3.63) is 70.6 Å². The van der Waals surface area contributed by atoms with E-state index >= 15 is 0 Å². The number of hydrogen-bond acceptors (Lipinski definition) is 5. The largest absolute Gasteiger partial charge is 0.478 e. The number of hydrogen-bond donors (Lipinski definition) is 1. The Labute approximate surface area is 167 Å². The lowest BCUT2D eigenvalue weighted by atomic mass is 10.1. The van der Waals surface area contributed by atoms with Crippen molar-refractivity contribution < 1.29 is 14.7 Å². The first-order chi connectivity index (χ1) is 13.6. The molecule has 28 heavy (non-hydrogen) atoms. The maximum absolute atomic E-state index is 12.3. The minimum absolute atomic E-state index is 0.223. The smallest absolute Gasteiger partial charge is 0.335 e. The monoisotopic (exact) mass is 393 g/mol. The van der Waals surface area contributed by atoms with Gasteiger partial charge in [0, 0.05) is 31.9 Å². The van der Waals surface area contributed by atoms with Gasteiger partial charge in [0.1, 0.15) is 0 Å². The molecule has 6 nitrogen and oxygen atoms in total. The number of carbonyl (C=O) groups is 2. The van der Waals surface area contributed by atoms with Crippen LogP contribution in [0, 0.1) is 0 Å². The molecule has 2 aliphatic heterocycles. The molecule has 2 aromatic rings. The molecule has 0 saturated carbocycles. The molecule has 1 saturated heterocycles. The lowest BCUT2D eigenvalue weighted by molar-refractivity contribution is -0.113. The molecule has 2 heterocycles. The average Bonchev–Trinajstić information content (AvgIpc) is 3.09. The number of thioether (sulfide) groups is 1. The molecule has 0 radical (unpaired) electrons. The number of para-hydroxylation sites is 1. The predicted molar refractivity (Wildman–Crippen MR) is 112 cm³/mol. The molecule has 0 aromatic heterocycles. The highest BCUT2D eigenvalue weighted by Crippen LogP contribution is 2.31. The summed E-state index contributed by atoms with van der Waals surface area (Å²) in [5, 5.41) is 9.71. The lowest BCUT2D eigenvalue weighted by Crippen LogP contribution is -2.47. The second-order valence-electron chi connectivity index (χ2n) is 6.55. The highest BCUT2D eigenvalue weighted by Gasteiger charge is 2.28. The van der Waals surface area contributed by atoms with E-state index in [9.17, 15) is 9.59 Å². The van der Waals surface area contributed by atoms with E-state index in [-0.39, 0.29) is 11.5 Å². The van der Waals surface area contributed by atoms with E-state index in [0.717, 1.165) is 36.9 Å². The molecule has 2 aromatic carbocycles. The normalized spacial score (nSPS) is 18.5. The van der Waals surface area contributed by atoms with E-state index in [1.54, 1.807) is 18.2 Å². The first kappa shape index (κ1) is 18.3. The number of benzene rings is 2. The van der Waals surface area contributed by atoms with E-state index in [1.165, 1.54) is 29.6 Å². The van der Waals surface area contributed by atoms with Crippen LogP contribution in [0.1, 0.15) is 15.9 Å². The van der Waals surface area contributed by atoms with Crippen LogP contribution in [-0.4, -0.2) is 53.2 Å². The molecule has 1 fully saturated rings. The maximum atomic E-state index is 12.3. The molecule has 142 valence electrons. The van der Waals surface area contributed by atoms with Crippen molar-refractivity contribution >= 4 is 40.6 Å². The number of carboxylic acids is 1. The van der Waals surface area contributed by atoms with Gasteiger partial charge < -0.3 is 14.9 Å². The topological polar surface area (TPSA) is 73.2 Å². The number of nitrogens with zero attached hydrogens (tertiary/aromatic N) is 3. The van der Waals surface area contributed by atoms with Gasteiger partial charge in [-0.05, 0) is 47.7 Å². The Morgan fingerprint density at radius 1 is 0.964 bits per heavy atom. The van der Waals surface area contributed by atoms with Crippen molar-refractivity contribution in [2.45, 2.75) is 0 Å². The Bertz CT molecular complexity index is 947. The quantitative estimate of drug-likeness (QED) is 0.808. The number of rotatable bonds is 3. The van der Waals surface area contributed by atoms with Gasteiger partial charge in [-0.25, -0.2) is 4.79 Å². The fourth-order valence-electron chi connectivity index (χ4n) is 3.20. The SMILES string of the molecule is O=C1N=C(N2CCN(c3ccccc3)CC2)S/C1=C\c1ccc(C(=O)O)cc1. The zero-order valence-electron chi connectivity index (χ0n) is 15.1. The number of carboxylic acid groups (broad SMARTS) is 1. The summed E-state index contributed by atoms with van der Waals surface area (Å²) in [4.78, 5) is 32.5. The van der Waals surface area contributed by atoms with Gasteiger partial charge in [-0.15, -0.1) is 0 Å². The fourth-order valence-corrected chi connectivity index (χ4v) is 4.17. The predicted octanol–water partition coefficient (Wildman–Crippen LogP) is 3.18. The van der Waals surface area contributed by atoms with Crippen LogP contribution in [0.15, 0.2) is 64.5 Å². The Morgan fingerprint density at radius 3 is 2.25 bits per heavy atom. The summed E-state index contributed by atoms with van der Waals surface area (Å²) < 4.78 is 0. The first-order valence-corrected chi connectivity index (χ1v) is 9.83. The average molecular weight is 393 g/mol. The molecule has 0 aliphatic carbocycles. The van der Waals surface area contributed by atoms with E-state index < -0.39 is 5.97 Å². The van der Waals surface area contributed by atoms with Crippen LogP contribution in [0.5, 0.6) is 0 Å². The van der Waals surface area contributed by atoms with Gasteiger partial charge in [0.2, 0.25) is 0 Å². The molecule has 4 rings (SSSR count). The summed E-state index contributed by atoms with van der Waals surface area (Å²) in [6.07, 6.45) is 1.76. The minimum Gasteiger partial charge on any atom is -0.478 e. The van der Waals surface area contributed by atoms with Crippen LogP contribution in [0.25, 0.3) is 6.08 Å². The summed E-state index contributed by atoms with van der Waals surface area (Å²) in [6, 6.07) is 16.8. The zero-order valence-corrected chi connectivity index (χ0v) is 15.9. The third-order valence-electron chi connectivity index (χ3n) is 4.74. The van der Waals surface area contributed by atoms with Crippen LogP contribution < -0.4 is 4.90 Å². The number of amides is 1. The van der Waals surface area contributed by atoms with Gasteiger partial charge in [-0.1, -0.05) is 30.3 Å². The van der Waals surface area contributed by atoms with E-state index in [2.05, 4.69) is 26.9 Å². The number of anilines is 1. The molecule has 2 aliphatic rings. The minimum atomic E-state index is -0.967. The Balaban J connectivity index is 1.39. The van der Waals surface area contributed by atoms with Crippen LogP contribution >= 0.6 is 11.8 Å². The molecule has 7 heteroatoms. The second-order valence-corrected chi connectivity index (χ2v) is 7.56. The van der Waals surface area contributed by atoms with Crippen molar-refractivity contribution in [3.8, 4) is 0 Å². The van der Waals surface area contributed by atoms with Crippen LogP contribution in [-0.2, 0) is 4.79 Å². The van der Waals surface area contributed by atoms with Crippen molar-refractivity contribution in [1.82, 2.24) is 4.90 Å². The van der Waals surface area contributed by atoms with Crippen LogP contribution in [0.3, 0.4) is 0 Å². The molecule has 1 amide bonds. The summed E-state index contributed by atoms with van der Waals surface area (Å²) >= 11 is 1.38. The van der Waals surface area contributed by atoms with E-state index in [4.69, 9.17) is 5.11 Å². The van der Waals surface area contributed by atoms with Crippen LogP contribution in [0.2, 0.25) is 0 Å². The second kappa shape index (κ2) is 7.90.